The van der Waals surface area contributed by atoms with Crippen LogP contribution in [-0.4, -0.2) is 12.5 Å². The zero-order chi connectivity index (χ0) is 15.2. The number of carbonyl (C=O) groups excluding carboxylic acids is 1. The Hall–Kier alpha value is -2.20. The molecule has 110 valence electrons. The van der Waals surface area contributed by atoms with Crippen LogP contribution in [-0.2, 0) is 4.79 Å². The molecule has 0 fully saturated rings. The minimum absolute atomic E-state index is 0.119. The highest BCUT2D eigenvalue weighted by molar-refractivity contribution is 6.30. The molecular weight excluding hydrogens is 288 g/mol. The van der Waals surface area contributed by atoms with Crippen LogP contribution < -0.4 is 15.8 Å². The summed E-state index contributed by atoms with van der Waals surface area (Å²) in [7, 11) is 0. The van der Waals surface area contributed by atoms with Gasteiger partial charge in [0, 0.05) is 16.8 Å². The van der Waals surface area contributed by atoms with Gasteiger partial charge in [0.1, 0.15) is 5.75 Å². The molecule has 0 aliphatic rings. The Morgan fingerprint density at radius 3 is 2.62 bits per heavy atom. The Morgan fingerprint density at radius 1 is 1.29 bits per heavy atom. The van der Waals surface area contributed by atoms with Gasteiger partial charge in [-0.25, -0.2) is 0 Å². The molecule has 21 heavy (non-hydrogen) atoms. The first-order valence-corrected chi connectivity index (χ1v) is 6.95. The first-order chi connectivity index (χ1) is 10.0. The second-order valence-corrected chi connectivity index (χ2v) is 5.14. The second-order valence-electron chi connectivity index (χ2n) is 4.70. The maximum Gasteiger partial charge on any atom is 0.255 e. The molecule has 4 nitrogen and oxygen atoms in total. The SMILES string of the molecule is CC(Nc1ccc(OCC(N)=O)cc1)c1cccc(Cl)c1. The first-order valence-electron chi connectivity index (χ1n) is 6.58. The van der Waals surface area contributed by atoms with E-state index >= 15 is 0 Å². The van der Waals surface area contributed by atoms with Crippen molar-refractivity contribution < 1.29 is 9.53 Å². The molecule has 0 saturated heterocycles. The van der Waals surface area contributed by atoms with Crippen molar-refractivity contribution in [3.63, 3.8) is 0 Å². The lowest BCUT2D eigenvalue weighted by atomic mass is 10.1. The smallest absolute Gasteiger partial charge is 0.255 e. The van der Waals surface area contributed by atoms with E-state index in [-0.39, 0.29) is 12.6 Å². The molecule has 0 aliphatic carbocycles. The lowest BCUT2D eigenvalue weighted by Crippen LogP contribution is -2.19. The number of primary amides is 1. The van der Waals surface area contributed by atoms with E-state index in [2.05, 4.69) is 12.2 Å². The van der Waals surface area contributed by atoms with Crippen molar-refractivity contribution in [2.45, 2.75) is 13.0 Å². The third-order valence-corrected chi connectivity index (χ3v) is 3.20. The summed E-state index contributed by atoms with van der Waals surface area (Å²) in [5, 5.41) is 4.09. The van der Waals surface area contributed by atoms with Gasteiger partial charge in [-0.3, -0.25) is 4.79 Å². The van der Waals surface area contributed by atoms with Crippen molar-refractivity contribution in [1.29, 1.82) is 0 Å². The van der Waals surface area contributed by atoms with E-state index in [1.165, 1.54) is 0 Å². The van der Waals surface area contributed by atoms with Crippen molar-refractivity contribution in [1.82, 2.24) is 0 Å². The van der Waals surface area contributed by atoms with Gasteiger partial charge in [0.2, 0.25) is 0 Å². The number of amides is 1. The summed E-state index contributed by atoms with van der Waals surface area (Å²) in [6, 6.07) is 15.2. The molecule has 1 amide bonds. The van der Waals surface area contributed by atoms with E-state index in [9.17, 15) is 4.79 Å². The van der Waals surface area contributed by atoms with Crippen LogP contribution in [0.25, 0.3) is 0 Å². The Labute approximate surface area is 128 Å². The molecule has 0 spiro atoms. The van der Waals surface area contributed by atoms with Crippen LogP contribution in [0.3, 0.4) is 0 Å². The maximum absolute atomic E-state index is 10.6. The summed E-state index contributed by atoms with van der Waals surface area (Å²) >= 11 is 5.99. The van der Waals surface area contributed by atoms with E-state index in [4.69, 9.17) is 22.1 Å². The molecule has 2 aromatic carbocycles. The van der Waals surface area contributed by atoms with Crippen LogP contribution in [0.4, 0.5) is 5.69 Å². The van der Waals surface area contributed by atoms with Crippen molar-refractivity contribution in [2.75, 3.05) is 11.9 Å². The molecule has 0 aromatic heterocycles. The Morgan fingerprint density at radius 2 is 2.00 bits per heavy atom. The topological polar surface area (TPSA) is 64.3 Å². The fourth-order valence-corrected chi connectivity index (χ4v) is 2.11. The summed E-state index contributed by atoms with van der Waals surface area (Å²) in [4.78, 5) is 10.6. The number of halogens is 1. The summed E-state index contributed by atoms with van der Waals surface area (Å²) in [5.74, 6) is 0.113. The van der Waals surface area contributed by atoms with Crippen LogP contribution in [0.15, 0.2) is 48.5 Å². The standard InChI is InChI=1S/C16H17ClN2O2/c1-11(12-3-2-4-13(17)9-12)19-14-5-7-15(8-6-14)21-10-16(18)20/h2-9,11,19H,10H2,1H3,(H2,18,20). The molecule has 2 aromatic rings. The number of ether oxygens (including phenoxy) is 1. The lowest BCUT2D eigenvalue weighted by molar-refractivity contribution is -0.119. The molecule has 0 heterocycles. The summed E-state index contributed by atoms with van der Waals surface area (Å²) in [5.41, 5.74) is 7.09. The molecule has 0 aliphatic heterocycles. The fourth-order valence-electron chi connectivity index (χ4n) is 1.91. The Bertz CT molecular complexity index is 614. The van der Waals surface area contributed by atoms with Crippen LogP contribution in [0, 0.1) is 0 Å². The quantitative estimate of drug-likeness (QED) is 0.860. The molecule has 5 heteroatoms. The number of nitrogens with one attached hydrogen (secondary N) is 1. The number of rotatable bonds is 6. The number of hydrogen-bond acceptors (Lipinski definition) is 3. The molecule has 0 saturated carbocycles. The molecule has 0 bridgehead atoms. The van der Waals surface area contributed by atoms with Gasteiger partial charge in [-0.05, 0) is 48.9 Å². The zero-order valence-electron chi connectivity index (χ0n) is 11.7. The van der Waals surface area contributed by atoms with E-state index < -0.39 is 5.91 Å². The van der Waals surface area contributed by atoms with Crippen LogP contribution in [0.1, 0.15) is 18.5 Å². The van der Waals surface area contributed by atoms with E-state index in [1.807, 2.05) is 36.4 Å². The number of carbonyl (C=O) groups is 1. The summed E-state index contributed by atoms with van der Waals surface area (Å²) < 4.78 is 5.21. The van der Waals surface area contributed by atoms with Gasteiger partial charge in [-0.1, -0.05) is 23.7 Å². The minimum Gasteiger partial charge on any atom is -0.484 e. The van der Waals surface area contributed by atoms with E-state index in [0.717, 1.165) is 16.3 Å². The lowest BCUT2D eigenvalue weighted by Gasteiger charge is -2.16. The molecule has 1 atom stereocenters. The van der Waals surface area contributed by atoms with Crippen molar-refractivity contribution in [2.24, 2.45) is 5.73 Å². The molecule has 0 radical (unpaired) electrons. The number of benzene rings is 2. The number of hydrogen-bond donors (Lipinski definition) is 2. The maximum atomic E-state index is 10.6. The van der Waals surface area contributed by atoms with E-state index in [0.29, 0.717) is 5.75 Å². The normalized spacial score (nSPS) is 11.7. The van der Waals surface area contributed by atoms with Gasteiger partial charge >= 0.3 is 0 Å². The largest absolute Gasteiger partial charge is 0.484 e. The van der Waals surface area contributed by atoms with Gasteiger partial charge in [0.05, 0.1) is 0 Å². The van der Waals surface area contributed by atoms with E-state index in [1.54, 1.807) is 12.1 Å². The Balaban J connectivity index is 1.98. The molecule has 2 rings (SSSR count). The molecule has 1 unspecified atom stereocenters. The highest BCUT2D eigenvalue weighted by Crippen LogP contribution is 2.23. The predicted octanol–water partition coefficient (Wildman–Crippen LogP) is 3.38. The van der Waals surface area contributed by atoms with Gasteiger partial charge in [-0.2, -0.15) is 0 Å². The van der Waals surface area contributed by atoms with Gasteiger partial charge < -0.3 is 15.8 Å². The monoisotopic (exact) mass is 304 g/mol. The van der Waals surface area contributed by atoms with Crippen LogP contribution in [0.5, 0.6) is 5.75 Å². The highest BCUT2D eigenvalue weighted by atomic mass is 35.5. The van der Waals surface area contributed by atoms with Crippen LogP contribution >= 0.6 is 11.6 Å². The van der Waals surface area contributed by atoms with Crippen molar-refractivity contribution >= 4 is 23.2 Å². The van der Waals surface area contributed by atoms with Gasteiger partial charge in [0.15, 0.2) is 6.61 Å². The zero-order valence-corrected chi connectivity index (χ0v) is 12.4. The van der Waals surface area contributed by atoms with Crippen molar-refractivity contribution in [3.8, 4) is 5.75 Å². The van der Waals surface area contributed by atoms with Crippen molar-refractivity contribution in [3.05, 3.63) is 59.1 Å². The summed E-state index contributed by atoms with van der Waals surface area (Å²) in [6.07, 6.45) is 0. The average molecular weight is 305 g/mol. The average Bonchev–Trinajstić information content (AvgIpc) is 2.46. The van der Waals surface area contributed by atoms with Crippen LogP contribution in [0.2, 0.25) is 5.02 Å². The fraction of sp³-hybridized carbons (Fsp3) is 0.188. The minimum atomic E-state index is -0.494. The number of anilines is 1. The van der Waals surface area contributed by atoms with Gasteiger partial charge in [-0.15, -0.1) is 0 Å². The predicted molar refractivity (Wildman–Crippen MR) is 84.6 cm³/mol. The Kier molecular flexibility index (Phi) is 5.06. The third-order valence-electron chi connectivity index (χ3n) is 2.97. The number of nitrogens with two attached hydrogens (primary N) is 1. The molecular formula is C16H17ClN2O2. The molecule has 3 N–H and O–H groups in total. The first kappa shape index (κ1) is 15.2. The highest BCUT2D eigenvalue weighted by Gasteiger charge is 2.06. The van der Waals surface area contributed by atoms with Gasteiger partial charge in [0.25, 0.3) is 5.91 Å². The third kappa shape index (κ3) is 4.68. The summed E-state index contributed by atoms with van der Waals surface area (Å²) in [6.45, 7) is 1.94. The second kappa shape index (κ2) is 6.99.